The number of aromatic nitrogens is 2. The number of aromatic hydroxyl groups is 1. The highest BCUT2D eigenvalue weighted by atomic mass is 16.5. The monoisotopic (exact) mass is 402 g/mol. The summed E-state index contributed by atoms with van der Waals surface area (Å²) in [6.45, 7) is 0. The number of para-hydroxylation sites is 1. The zero-order valence-electron chi connectivity index (χ0n) is 17.0. The molecule has 0 bridgehead atoms. The first-order valence-corrected chi connectivity index (χ1v) is 9.39. The molecule has 0 atom stereocenters. The molecule has 0 unspecified atom stereocenters. The number of methoxy groups -OCH3 is 3. The number of benzene rings is 3. The lowest BCUT2D eigenvalue weighted by molar-refractivity contribution is 0.386. The Morgan fingerprint density at radius 1 is 0.800 bits per heavy atom. The Bertz CT molecular complexity index is 1150. The lowest BCUT2D eigenvalue weighted by Gasteiger charge is -2.16. The van der Waals surface area contributed by atoms with Gasteiger partial charge in [0.2, 0.25) is 0 Å². The first-order valence-electron chi connectivity index (χ1n) is 9.39. The standard InChI is InChI=1S/C24H22N2O4/c1-28-18-11-9-16(10-12-18)20-15-25-26(17-7-5-4-6-8-17)24(20)23-21(27)13-19(29-2)14-22(23)30-3/h4-15,27H,1-3H3. The molecule has 1 N–H and O–H groups in total. The maximum absolute atomic E-state index is 10.9. The van der Waals surface area contributed by atoms with Crippen LogP contribution >= 0.6 is 0 Å². The van der Waals surface area contributed by atoms with Crippen LogP contribution < -0.4 is 14.2 Å². The quantitative estimate of drug-likeness (QED) is 0.495. The molecule has 0 radical (unpaired) electrons. The minimum absolute atomic E-state index is 0.0404. The smallest absolute Gasteiger partial charge is 0.135 e. The Morgan fingerprint density at radius 3 is 2.13 bits per heavy atom. The molecule has 3 aromatic carbocycles. The van der Waals surface area contributed by atoms with Crippen molar-refractivity contribution in [3.63, 3.8) is 0 Å². The highest BCUT2D eigenvalue weighted by Crippen LogP contribution is 2.45. The zero-order chi connectivity index (χ0) is 21.1. The predicted octanol–water partition coefficient (Wildman–Crippen LogP) is 4.94. The van der Waals surface area contributed by atoms with Gasteiger partial charge >= 0.3 is 0 Å². The van der Waals surface area contributed by atoms with Crippen molar-refractivity contribution < 1.29 is 19.3 Å². The van der Waals surface area contributed by atoms with E-state index in [0.29, 0.717) is 22.8 Å². The molecule has 30 heavy (non-hydrogen) atoms. The molecule has 0 aliphatic rings. The maximum Gasteiger partial charge on any atom is 0.135 e. The van der Waals surface area contributed by atoms with Crippen molar-refractivity contribution in [2.45, 2.75) is 0 Å². The van der Waals surface area contributed by atoms with Crippen molar-refractivity contribution in [2.75, 3.05) is 21.3 Å². The molecule has 4 aromatic rings. The highest BCUT2D eigenvalue weighted by molar-refractivity contribution is 5.88. The van der Waals surface area contributed by atoms with E-state index in [1.165, 1.54) is 0 Å². The normalized spacial score (nSPS) is 10.6. The zero-order valence-corrected chi connectivity index (χ0v) is 17.0. The summed E-state index contributed by atoms with van der Waals surface area (Å²) in [4.78, 5) is 0. The van der Waals surface area contributed by atoms with Crippen molar-refractivity contribution >= 4 is 0 Å². The minimum Gasteiger partial charge on any atom is -0.507 e. The molecule has 152 valence electrons. The SMILES string of the molecule is COc1ccc(-c2cnn(-c3ccccc3)c2-c2c(O)cc(OC)cc2OC)cc1. The number of hydrogen-bond acceptors (Lipinski definition) is 5. The van der Waals surface area contributed by atoms with Crippen LogP contribution in [0.5, 0.6) is 23.0 Å². The van der Waals surface area contributed by atoms with Gasteiger partial charge in [-0.05, 0) is 29.8 Å². The molecule has 0 fully saturated rings. The number of ether oxygens (including phenoxy) is 3. The molecule has 0 aliphatic heterocycles. The van der Waals surface area contributed by atoms with Gasteiger partial charge in [-0.3, -0.25) is 0 Å². The lowest BCUT2D eigenvalue weighted by atomic mass is 9.99. The van der Waals surface area contributed by atoms with Crippen LogP contribution in [0.15, 0.2) is 72.9 Å². The summed E-state index contributed by atoms with van der Waals surface area (Å²) in [7, 11) is 4.74. The van der Waals surface area contributed by atoms with Gasteiger partial charge < -0.3 is 19.3 Å². The van der Waals surface area contributed by atoms with E-state index < -0.39 is 0 Å². The van der Waals surface area contributed by atoms with Crippen molar-refractivity contribution in [3.8, 4) is 51.1 Å². The summed E-state index contributed by atoms with van der Waals surface area (Å²) in [5.41, 5.74) is 3.89. The van der Waals surface area contributed by atoms with Gasteiger partial charge in [0.05, 0.1) is 44.5 Å². The van der Waals surface area contributed by atoms with Crippen LogP contribution in [0.1, 0.15) is 0 Å². The van der Waals surface area contributed by atoms with Gasteiger partial charge in [-0.2, -0.15) is 5.10 Å². The highest BCUT2D eigenvalue weighted by Gasteiger charge is 2.23. The Kier molecular flexibility index (Phi) is 5.30. The van der Waals surface area contributed by atoms with E-state index in [1.807, 2.05) is 54.6 Å². The molecular weight excluding hydrogens is 380 g/mol. The van der Waals surface area contributed by atoms with Crippen LogP contribution in [-0.2, 0) is 0 Å². The molecule has 6 nitrogen and oxygen atoms in total. The van der Waals surface area contributed by atoms with Gasteiger partial charge in [0.15, 0.2) is 0 Å². The summed E-state index contributed by atoms with van der Waals surface area (Å²) in [6, 6.07) is 20.8. The van der Waals surface area contributed by atoms with E-state index in [1.54, 1.807) is 44.3 Å². The minimum atomic E-state index is 0.0404. The van der Waals surface area contributed by atoms with Gasteiger partial charge in [0.25, 0.3) is 0 Å². The number of nitrogens with zero attached hydrogens (tertiary/aromatic N) is 2. The fourth-order valence-corrected chi connectivity index (χ4v) is 3.43. The van der Waals surface area contributed by atoms with Crippen molar-refractivity contribution in [1.29, 1.82) is 0 Å². The largest absolute Gasteiger partial charge is 0.507 e. The van der Waals surface area contributed by atoms with Gasteiger partial charge in [0, 0.05) is 17.7 Å². The topological polar surface area (TPSA) is 65.7 Å². The van der Waals surface area contributed by atoms with Gasteiger partial charge in [0.1, 0.15) is 23.0 Å². The van der Waals surface area contributed by atoms with E-state index in [2.05, 4.69) is 5.10 Å². The molecule has 0 saturated heterocycles. The average molecular weight is 402 g/mol. The van der Waals surface area contributed by atoms with E-state index in [-0.39, 0.29) is 5.75 Å². The third-order valence-corrected chi connectivity index (χ3v) is 4.92. The summed E-state index contributed by atoms with van der Waals surface area (Å²) in [5, 5.41) is 15.5. The third-order valence-electron chi connectivity index (χ3n) is 4.92. The van der Waals surface area contributed by atoms with Crippen LogP contribution in [0.25, 0.3) is 28.1 Å². The summed E-state index contributed by atoms with van der Waals surface area (Å²) in [6.07, 6.45) is 1.78. The van der Waals surface area contributed by atoms with E-state index in [4.69, 9.17) is 14.2 Å². The number of phenolic OH excluding ortho intramolecular Hbond substituents is 1. The van der Waals surface area contributed by atoms with Gasteiger partial charge in [-0.1, -0.05) is 30.3 Å². The van der Waals surface area contributed by atoms with Crippen molar-refractivity contribution in [2.24, 2.45) is 0 Å². The predicted molar refractivity (Wildman–Crippen MR) is 116 cm³/mol. The Balaban J connectivity index is 2.00. The van der Waals surface area contributed by atoms with Crippen LogP contribution in [0.4, 0.5) is 0 Å². The molecule has 0 spiro atoms. The summed E-state index contributed by atoms with van der Waals surface area (Å²) in [5.74, 6) is 1.79. The second-order valence-corrected chi connectivity index (χ2v) is 6.61. The molecule has 0 saturated carbocycles. The molecular formula is C24H22N2O4. The van der Waals surface area contributed by atoms with Gasteiger partial charge in [-0.15, -0.1) is 0 Å². The maximum atomic E-state index is 10.9. The molecule has 0 aliphatic carbocycles. The fraction of sp³-hybridized carbons (Fsp3) is 0.125. The number of rotatable bonds is 6. The summed E-state index contributed by atoms with van der Waals surface area (Å²) >= 11 is 0. The average Bonchev–Trinajstić information content (AvgIpc) is 3.23. The first kappa shape index (κ1) is 19.4. The van der Waals surface area contributed by atoms with E-state index in [0.717, 1.165) is 22.6 Å². The lowest BCUT2D eigenvalue weighted by Crippen LogP contribution is -2.01. The Hall–Kier alpha value is -3.93. The first-order chi connectivity index (χ1) is 14.7. The number of phenols is 1. The Morgan fingerprint density at radius 2 is 1.50 bits per heavy atom. The van der Waals surface area contributed by atoms with E-state index >= 15 is 0 Å². The van der Waals surface area contributed by atoms with E-state index in [9.17, 15) is 5.11 Å². The van der Waals surface area contributed by atoms with Gasteiger partial charge in [-0.25, -0.2) is 4.68 Å². The molecule has 1 heterocycles. The van der Waals surface area contributed by atoms with Crippen LogP contribution in [0.2, 0.25) is 0 Å². The second-order valence-electron chi connectivity index (χ2n) is 6.61. The van der Waals surface area contributed by atoms with Crippen LogP contribution in [-0.4, -0.2) is 36.2 Å². The summed E-state index contributed by atoms with van der Waals surface area (Å²) < 4.78 is 18.0. The second kappa shape index (κ2) is 8.21. The molecule has 4 rings (SSSR count). The third kappa shape index (κ3) is 3.43. The molecule has 0 amide bonds. The fourth-order valence-electron chi connectivity index (χ4n) is 3.43. The molecule has 1 aromatic heterocycles. The van der Waals surface area contributed by atoms with Crippen molar-refractivity contribution in [3.05, 3.63) is 72.9 Å². The molecule has 6 heteroatoms. The van der Waals surface area contributed by atoms with Crippen LogP contribution in [0.3, 0.4) is 0 Å². The van der Waals surface area contributed by atoms with Crippen molar-refractivity contribution in [1.82, 2.24) is 9.78 Å². The van der Waals surface area contributed by atoms with Crippen LogP contribution in [0, 0.1) is 0 Å². The Labute approximate surface area is 174 Å². The number of hydrogen-bond donors (Lipinski definition) is 1.